The fourth-order valence-corrected chi connectivity index (χ4v) is 6.92. The largest absolute Gasteiger partial charge is 0.481 e. The molecular weight excluding hydrogens is 514 g/mol. The standard InChI is InChI=1S/C21H23ClF2N2O6S2/c1-13(12-32-21(29)25-8-6-14(7-9-25)10-19(27)28)26(17-11-15(23)2-3-16(17)24)34(30,31)20-5-4-18(22)33-20/h2-5,11,13-14H,6-10,12H2,1H3,(H,27,28)/t13-/m1/s1. The number of hydrogen-bond donors (Lipinski definition) is 1. The highest BCUT2D eigenvalue weighted by Crippen LogP contribution is 2.34. The summed E-state index contributed by atoms with van der Waals surface area (Å²) in [7, 11) is -4.36. The van der Waals surface area contributed by atoms with Crippen LogP contribution >= 0.6 is 22.9 Å². The maximum atomic E-state index is 14.6. The second kappa shape index (κ2) is 10.9. The summed E-state index contributed by atoms with van der Waals surface area (Å²) in [6.07, 6.45) is 0.339. The fourth-order valence-electron chi connectivity index (χ4n) is 3.71. The minimum Gasteiger partial charge on any atom is -0.481 e. The van der Waals surface area contributed by atoms with Crippen LogP contribution in [0.1, 0.15) is 26.2 Å². The molecule has 1 aliphatic heterocycles. The molecule has 1 atom stereocenters. The molecule has 1 aromatic carbocycles. The number of carboxylic acid groups (broad SMARTS) is 1. The van der Waals surface area contributed by atoms with Gasteiger partial charge in [0.1, 0.15) is 22.5 Å². The van der Waals surface area contributed by atoms with E-state index < -0.39 is 52.1 Å². The van der Waals surface area contributed by atoms with Gasteiger partial charge in [-0.2, -0.15) is 0 Å². The number of anilines is 1. The number of amides is 1. The van der Waals surface area contributed by atoms with Crippen LogP contribution in [0.2, 0.25) is 4.34 Å². The molecule has 13 heteroatoms. The fraction of sp³-hybridized carbons (Fsp3) is 0.429. The van der Waals surface area contributed by atoms with Gasteiger partial charge in [-0.05, 0) is 49.9 Å². The van der Waals surface area contributed by atoms with Crippen molar-refractivity contribution in [2.24, 2.45) is 5.92 Å². The Morgan fingerprint density at radius 3 is 2.53 bits per heavy atom. The van der Waals surface area contributed by atoms with Crippen molar-refractivity contribution in [3.63, 3.8) is 0 Å². The van der Waals surface area contributed by atoms with E-state index in [4.69, 9.17) is 21.4 Å². The van der Waals surface area contributed by atoms with Crippen LogP contribution < -0.4 is 4.31 Å². The second-order valence-electron chi connectivity index (χ2n) is 7.91. The molecule has 2 aromatic rings. The highest BCUT2D eigenvalue weighted by molar-refractivity contribution is 7.94. The van der Waals surface area contributed by atoms with Crippen LogP contribution in [0.4, 0.5) is 19.3 Å². The van der Waals surface area contributed by atoms with E-state index in [0.717, 1.165) is 29.5 Å². The highest BCUT2D eigenvalue weighted by Gasteiger charge is 2.34. The zero-order chi connectivity index (χ0) is 25.0. The number of halogens is 3. The van der Waals surface area contributed by atoms with Gasteiger partial charge in [0.2, 0.25) is 0 Å². The van der Waals surface area contributed by atoms with Crippen LogP contribution in [0.3, 0.4) is 0 Å². The first-order chi connectivity index (χ1) is 16.0. The molecule has 1 N–H and O–H groups in total. The van der Waals surface area contributed by atoms with Crippen molar-refractivity contribution in [1.29, 1.82) is 0 Å². The number of hydrogen-bond acceptors (Lipinski definition) is 6. The van der Waals surface area contributed by atoms with E-state index >= 15 is 0 Å². The number of aliphatic carboxylic acids is 1. The predicted octanol–water partition coefficient (Wildman–Crippen LogP) is 4.59. The molecule has 3 rings (SSSR count). The van der Waals surface area contributed by atoms with Crippen LogP contribution in [0, 0.1) is 17.6 Å². The van der Waals surface area contributed by atoms with E-state index in [1.807, 2.05) is 0 Å². The Kier molecular flexibility index (Phi) is 8.37. The lowest BCUT2D eigenvalue weighted by molar-refractivity contribution is -0.138. The summed E-state index contributed by atoms with van der Waals surface area (Å²) in [6, 6.07) is 3.98. The number of thiophene rings is 1. The topological polar surface area (TPSA) is 104 Å². The van der Waals surface area contributed by atoms with Crippen molar-refractivity contribution in [2.45, 2.75) is 36.4 Å². The number of benzene rings is 1. The third-order valence-electron chi connectivity index (χ3n) is 5.39. The summed E-state index contributed by atoms with van der Waals surface area (Å²) in [5, 5.41) is 8.90. The molecular formula is C21H23ClF2N2O6S2. The lowest BCUT2D eigenvalue weighted by Gasteiger charge is -2.33. The molecule has 0 aliphatic carbocycles. The van der Waals surface area contributed by atoms with Gasteiger partial charge in [0.15, 0.2) is 0 Å². The minimum absolute atomic E-state index is 0.0265. The van der Waals surface area contributed by atoms with Gasteiger partial charge >= 0.3 is 12.1 Å². The highest BCUT2D eigenvalue weighted by atomic mass is 35.5. The van der Waals surface area contributed by atoms with E-state index in [0.29, 0.717) is 30.2 Å². The monoisotopic (exact) mass is 536 g/mol. The number of piperidine rings is 1. The van der Waals surface area contributed by atoms with Crippen molar-refractivity contribution < 1.29 is 36.6 Å². The molecule has 1 aromatic heterocycles. The lowest BCUT2D eigenvalue weighted by Crippen LogP contribution is -2.44. The van der Waals surface area contributed by atoms with Gasteiger partial charge in [0, 0.05) is 25.6 Å². The number of sulfonamides is 1. The number of nitrogens with zero attached hydrogens (tertiary/aromatic N) is 2. The molecule has 1 aliphatic rings. The zero-order valence-corrected chi connectivity index (χ0v) is 20.5. The van der Waals surface area contributed by atoms with Crippen molar-refractivity contribution in [2.75, 3.05) is 24.0 Å². The first kappa shape index (κ1) is 26.2. The number of likely N-dealkylation sites (tertiary alicyclic amines) is 1. The maximum absolute atomic E-state index is 14.6. The van der Waals surface area contributed by atoms with Crippen LogP contribution in [0.25, 0.3) is 0 Å². The van der Waals surface area contributed by atoms with Crippen molar-refractivity contribution in [3.8, 4) is 0 Å². The summed E-state index contributed by atoms with van der Waals surface area (Å²) >= 11 is 6.63. The van der Waals surface area contributed by atoms with Gasteiger partial charge in [-0.15, -0.1) is 11.3 Å². The number of carboxylic acids is 1. The van der Waals surface area contributed by atoms with Crippen LogP contribution in [-0.4, -0.2) is 56.2 Å². The summed E-state index contributed by atoms with van der Waals surface area (Å²) in [6.45, 7) is 1.59. The zero-order valence-electron chi connectivity index (χ0n) is 18.1. The molecule has 0 unspecified atom stereocenters. The Morgan fingerprint density at radius 1 is 1.26 bits per heavy atom. The molecule has 186 valence electrons. The van der Waals surface area contributed by atoms with Gasteiger partial charge in [0.05, 0.1) is 16.1 Å². The van der Waals surface area contributed by atoms with Crippen LogP contribution in [0.15, 0.2) is 34.5 Å². The van der Waals surface area contributed by atoms with Crippen molar-refractivity contribution >= 4 is 50.7 Å². The third-order valence-corrected chi connectivity index (χ3v) is 9.02. The summed E-state index contributed by atoms with van der Waals surface area (Å²) in [5.41, 5.74) is -0.525. The Hall–Kier alpha value is -2.44. The van der Waals surface area contributed by atoms with Crippen molar-refractivity contribution in [1.82, 2.24) is 4.90 Å². The van der Waals surface area contributed by atoms with Crippen LogP contribution in [0.5, 0.6) is 0 Å². The molecule has 8 nitrogen and oxygen atoms in total. The van der Waals surface area contributed by atoms with E-state index in [-0.39, 0.29) is 20.9 Å². The second-order valence-corrected chi connectivity index (χ2v) is 11.7. The SMILES string of the molecule is C[C@H](COC(=O)N1CCC(CC(=O)O)CC1)N(c1cc(F)ccc1F)S(=O)(=O)c1ccc(Cl)s1. The van der Waals surface area contributed by atoms with Crippen molar-refractivity contribution in [3.05, 3.63) is 46.3 Å². The summed E-state index contributed by atoms with van der Waals surface area (Å²) in [5.74, 6) is -2.73. The molecule has 0 bridgehead atoms. The molecule has 1 saturated heterocycles. The van der Waals surface area contributed by atoms with Gasteiger partial charge in [-0.3, -0.25) is 9.10 Å². The number of ether oxygens (including phenoxy) is 1. The lowest BCUT2D eigenvalue weighted by atomic mass is 9.94. The van der Waals surface area contributed by atoms with E-state index in [1.165, 1.54) is 24.0 Å². The Balaban J connectivity index is 1.76. The first-order valence-corrected chi connectivity index (χ1v) is 13.0. The van der Waals surface area contributed by atoms with Crippen LogP contribution in [-0.2, 0) is 19.6 Å². The number of carbonyl (C=O) groups is 2. The molecule has 1 amide bonds. The molecule has 0 spiro atoms. The number of rotatable bonds is 8. The maximum Gasteiger partial charge on any atom is 0.409 e. The summed E-state index contributed by atoms with van der Waals surface area (Å²) in [4.78, 5) is 24.8. The number of carbonyl (C=O) groups excluding carboxylic acids is 1. The van der Waals surface area contributed by atoms with Gasteiger partial charge < -0.3 is 14.7 Å². The van der Waals surface area contributed by atoms with E-state index in [1.54, 1.807) is 0 Å². The van der Waals surface area contributed by atoms with E-state index in [9.17, 15) is 26.8 Å². The molecule has 0 saturated carbocycles. The molecule has 34 heavy (non-hydrogen) atoms. The van der Waals surface area contributed by atoms with Gasteiger partial charge in [-0.25, -0.2) is 22.0 Å². The average Bonchev–Trinajstić information content (AvgIpc) is 3.22. The van der Waals surface area contributed by atoms with Gasteiger partial charge in [-0.1, -0.05) is 11.6 Å². The first-order valence-electron chi connectivity index (χ1n) is 10.4. The molecule has 1 fully saturated rings. The smallest absolute Gasteiger partial charge is 0.409 e. The van der Waals surface area contributed by atoms with Gasteiger partial charge in [0.25, 0.3) is 10.0 Å². The summed E-state index contributed by atoms with van der Waals surface area (Å²) < 4.78 is 61.1. The quantitative estimate of drug-likeness (QED) is 0.529. The predicted molar refractivity (Wildman–Crippen MR) is 123 cm³/mol. The third kappa shape index (κ3) is 6.16. The average molecular weight is 537 g/mol. The normalized spacial score (nSPS) is 15.7. The minimum atomic E-state index is -4.36. The Morgan fingerprint density at radius 2 is 1.94 bits per heavy atom. The Bertz CT molecular complexity index is 1150. The Labute approximate surface area is 204 Å². The molecule has 0 radical (unpaired) electrons. The molecule has 2 heterocycles. The van der Waals surface area contributed by atoms with E-state index in [2.05, 4.69) is 0 Å².